The Morgan fingerprint density at radius 3 is 2.94 bits per heavy atom. The summed E-state index contributed by atoms with van der Waals surface area (Å²) in [6.45, 7) is 3.14. The number of hydrogen-bond acceptors (Lipinski definition) is 4. The summed E-state index contributed by atoms with van der Waals surface area (Å²) in [5, 5.41) is 3.07. The van der Waals surface area contributed by atoms with Crippen LogP contribution in [0, 0.1) is 0 Å². The molecule has 1 aromatic rings. The maximum Gasteiger partial charge on any atom is 0.157 e. The summed E-state index contributed by atoms with van der Waals surface area (Å²) < 4.78 is 5.36. The van der Waals surface area contributed by atoms with Crippen LogP contribution in [-0.2, 0) is 11.3 Å². The van der Waals surface area contributed by atoms with Gasteiger partial charge >= 0.3 is 0 Å². The standard InChI is InChI=1S/C13H19N3O/c1-3-17-9-13-15-11(8-12(14-2)16-13)10-6-4-5-7-10/h6,8H,3-5,7,9H2,1-2H3,(H,14,15,16). The molecule has 1 N–H and O–H groups in total. The van der Waals surface area contributed by atoms with Gasteiger partial charge in [-0.05, 0) is 31.8 Å². The van der Waals surface area contributed by atoms with Crippen LogP contribution < -0.4 is 5.32 Å². The quantitative estimate of drug-likeness (QED) is 0.849. The van der Waals surface area contributed by atoms with E-state index in [-0.39, 0.29) is 0 Å². The van der Waals surface area contributed by atoms with Crippen molar-refractivity contribution in [2.24, 2.45) is 0 Å². The van der Waals surface area contributed by atoms with Crippen LogP contribution in [-0.4, -0.2) is 23.6 Å². The van der Waals surface area contributed by atoms with Crippen LogP contribution in [0.2, 0.25) is 0 Å². The molecule has 0 unspecified atom stereocenters. The van der Waals surface area contributed by atoms with Crippen LogP contribution in [0.4, 0.5) is 5.82 Å². The van der Waals surface area contributed by atoms with Crippen molar-refractivity contribution in [3.05, 3.63) is 23.7 Å². The van der Waals surface area contributed by atoms with Gasteiger partial charge in [0.25, 0.3) is 0 Å². The first-order valence-corrected chi connectivity index (χ1v) is 6.16. The van der Waals surface area contributed by atoms with Gasteiger partial charge in [0.2, 0.25) is 0 Å². The van der Waals surface area contributed by atoms with Crippen LogP contribution in [0.15, 0.2) is 12.1 Å². The number of rotatable bonds is 5. The molecular formula is C13H19N3O. The first-order valence-electron chi connectivity index (χ1n) is 6.16. The molecule has 0 radical (unpaired) electrons. The minimum atomic E-state index is 0.478. The van der Waals surface area contributed by atoms with Gasteiger partial charge < -0.3 is 10.1 Å². The lowest BCUT2D eigenvalue weighted by Crippen LogP contribution is -2.05. The highest BCUT2D eigenvalue weighted by Crippen LogP contribution is 2.27. The maximum absolute atomic E-state index is 5.36. The van der Waals surface area contributed by atoms with Crippen LogP contribution in [0.25, 0.3) is 5.57 Å². The smallest absolute Gasteiger partial charge is 0.157 e. The summed E-state index contributed by atoms with van der Waals surface area (Å²) >= 11 is 0. The first kappa shape index (κ1) is 12.0. The number of ether oxygens (including phenoxy) is 1. The molecule has 1 aliphatic carbocycles. The summed E-state index contributed by atoms with van der Waals surface area (Å²) in [4.78, 5) is 8.94. The number of allylic oxidation sites excluding steroid dienone is 2. The van der Waals surface area contributed by atoms with Crippen molar-refractivity contribution in [2.45, 2.75) is 32.8 Å². The van der Waals surface area contributed by atoms with E-state index in [1.165, 1.54) is 12.0 Å². The van der Waals surface area contributed by atoms with Crippen LogP contribution in [0.3, 0.4) is 0 Å². The summed E-state index contributed by atoms with van der Waals surface area (Å²) in [5.74, 6) is 1.61. The molecule has 92 valence electrons. The molecule has 0 amide bonds. The third kappa shape index (κ3) is 3.03. The zero-order valence-electron chi connectivity index (χ0n) is 10.5. The molecule has 0 aromatic carbocycles. The largest absolute Gasteiger partial charge is 0.374 e. The summed E-state index contributed by atoms with van der Waals surface area (Å²) in [7, 11) is 1.87. The Bertz CT molecular complexity index is 415. The fourth-order valence-electron chi connectivity index (χ4n) is 1.95. The lowest BCUT2D eigenvalue weighted by Gasteiger charge is -2.08. The zero-order chi connectivity index (χ0) is 12.1. The molecule has 2 rings (SSSR count). The molecule has 1 aliphatic rings. The summed E-state index contributed by atoms with van der Waals surface area (Å²) in [6.07, 6.45) is 5.78. The van der Waals surface area contributed by atoms with E-state index in [0.717, 1.165) is 30.2 Å². The van der Waals surface area contributed by atoms with Crippen molar-refractivity contribution < 1.29 is 4.74 Å². The Morgan fingerprint density at radius 1 is 1.41 bits per heavy atom. The van der Waals surface area contributed by atoms with E-state index < -0.39 is 0 Å². The topological polar surface area (TPSA) is 47.0 Å². The second-order valence-electron chi connectivity index (χ2n) is 4.06. The molecule has 4 nitrogen and oxygen atoms in total. The molecule has 1 aromatic heterocycles. The highest BCUT2D eigenvalue weighted by molar-refractivity contribution is 5.66. The van der Waals surface area contributed by atoms with Gasteiger partial charge in [-0.15, -0.1) is 0 Å². The van der Waals surface area contributed by atoms with Gasteiger partial charge in [-0.2, -0.15) is 0 Å². The molecule has 0 atom stereocenters. The Morgan fingerprint density at radius 2 is 2.29 bits per heavy atom. The van der Waals surface area contributed by atoms with Crippen molar-refractivity contribution in [3.63, 3.8) is 0 Å². The van der Waals surface area contributed by atoms with Gasteiger partial charge in [0, 0.05) is 19.7 Å². The number of nitrogens with one attached hydrogen (secondary N) is 1. The molecule has 0 aliphatic heterocycles. The molecule has 0 bridgehead atoms. The molecule has 0 spiro atoms. The molecule has 1 heterocycles. The normalized spacial score (nSPS) is 14.8. The van der Waals surface area contributed by atoms with E-state index in [1.807, 2.05) is 20.0 Å². The second kappa shape index (κ2) is 5.77. The fraction of sp³-hybridized carbons (Fsp3) is 0.538. The SMILES string of the molecule is CCOCc1nc(NC)cc(C2=CCCC2)n1. The van der Waals surface area contributed by atoms with Crippen LogP contribution in [0.5, 0.6) is 0 Å². The Hall–Kier alpha value is -1.42. The minimum absolute atomic E-state index is 0.478. The van der Waals surface area contributed by atoms with Crippen molar-refractivity contribution in [3.8, 4) is 0 Å². The summed E-state index contributed by atoms with van der Waals surface area (Å²) in [5.41, 5.74) is 2.37. The second-order valence-corrected chi connectivity index (χ2v) is 4.06. The number of aromatic nitrogens is 2. The van der Waals surface area contributed by atoms with Crippen molar-refractivity contribution in [1.29, 1.82) is 0 Å². The van der Waals surface area contributed by atoms with Gasteiger partial charge in [-0.3, -0.25) is 0 Å². The third-order valence-corrected chi connectivity index (χ3v) is 2.83. The predicted octanol–water partition coefficient (Wildman–Crippen LogP) is 2.62. The lowest BCUT2D eigenvalue weighted by atomic mass is 10.1. The van der Waals surface area contributed by atoms with Crippen molar-refractivity contribution in [2.75, 3.05) is 19.0 Å². The van der Waals surface area contributed by atoms with E-state index >= 15 is 0 Å². The van der Waals surface area contributed by atoms with Crippen molar-refractivity contribution >= 4 is 11.4 Å². The van der Waals surface area contributed by atoms with Crippen molar-refractivity contribution in [1.82, 2.24) is 9.97 Å². The molecule has 0 fully saturated rings. The monoisotopic (exact) mass is 233 g/mol. The van der Waals surface area contributed by atoms with E-state index in [4.69, 9.17) is 4.74 Å². The Balaban J connectivity index is 2.24. The molecule has 17 heavy (non-hydrogen) atoms. The van der Waals surface area contributed by atoms with Gasteiger partial charge in [0.1, 0.15) is 12.4 Å². The van der Waals surface area contributed by atoms with Crippen LogP contribution >= 0.6 is 0 Å². The van der Waals surface area contributed by atoms with E-state index in [2.05, 4.69) is 21.4 Å². The van der Waals surface area contributed by atoms with Gasteiger partial charge in [-0.25, -0.2) is 9.97 Å². The lowest BCUT2D eigenvalue weighted by molar-refractivity contribution is 0.128. The van der Waals surface area contributed by atoms with E-state index in [0.29, 0.717) is 13.2 Å². The van der Waals surface area contributed by atoms with Gasteiger partial charge in [-0.1, -0.05) is 6.08 Å². The number of anilines is 1. The summed E-state index contributed by atoms with van der Waals surface area (Å²) in [6, 6.07) is 2.01. The van der Waals surface area contributed by atoms with E-state index in [1.54, 1.807) is 0 Å². The first-order chi connectivity index (χ1) is 8.33. The zero-order valence-corrected chi connectivity index (χ0v) is 10.5. The van der Waals surface area contributed by atoms with Gasteiger partial charge in [0.15, 0.2) is 5.82 Å². The predicted molar refractivity (Wildman–Crippen MR) is 68.7 cm³/mol. The van der Waals surface area contributed by atoms with Crippen LogP contribution in [0.1, 0.15) is 37.7 Å². The Labute approximate surface area is 102 Å². The highest BCUT2D eigenvalue weighted by Gasteiger charge is 2.11. The maximum atomic E-state index is 5.36. The number of nitrogens with zero attached hydrogens (tertiary/aromatic N) is 2. The Kier molecular flexibility index (Phi) is 4.09. The number of hydrogen-bond donors (Lipinski definition) is 1. The molecular weight excluding hydrogens is 214 g/mol. The molecule has 0 saturated heterocycles. The minimum Gasteiger partial charge on any atom is -0.374 e. The average Bonchev–Trinajstić information content (AvgIpc) is 2.89. The van der Waals surface area contributed by atoms with E-state index in [9.17, 15) is 0 Å². The molecule has 0 saturated carbocycles. The average molecular weight is 233 g/mol. The fourth-order valence-corrected chi connectivity index (χ4v) is 1.95. The third-order valence-electron chi connectivity index (χ3n) is 2.83. The van der Waals surface area contributed by atoms with Gasteiger partial charge in [0.05, 0.1) is 5.69 Å². The highest BCUT2D eigenvalue weighted by atomic mass is 16.5. The molecule has 4 heteroatoms.